The Balaban J connectivity index is 1.81. The fourth-order valence-corrected chi connectivity index (χ4v) is 3.20. The molecular weight excluding hydrogens is 424 g/mol. The second-order valence-corrected chi connectivity index (χ2v) is 6.83. The molecule has 0 radical (unpaired) electrons. The van der Waals surface area contributed by atoms with Gasteiger partial charge in [0.15, 0.2) is 11.5 Å². The maximum absolute atomic E-state index is 13.0. The summed E-state index contributed by atoms with van der Waals surface area (Å²) >= 11 is 0. The topological polar surface area (TPSA) is 95.1 Å². The van der Waals surface area contributed by atoms with E-state index in [4.69, 9.17) is 18.9 Å². The molecule has 0 atom stereocenters. The van der Waals surface area contributed by atoms with Crippen molar-refractivity contribution in [2.75, 3.05) is 38.6 Å². The number of hydrogen-bond donors (Lipinski definition) is 2. The van der Waals surface area contributed by atoms with Crippen molar-refractivity contribution in [3.63, 3.8) is 0 Å². The van der Waals surface area contributed by atoms with Gasteiger partial charge >= 0.3 is 0 Å². The number of carbonyl (C=O) groups is 2. The van der Waals surface area contributed by atoms with E-state index in [0.717, 1.165) is 0 Å². The Bertz CT molecular complexity index is 1100. The number of ether oxygens (including phenoxy) is 4. The Kier molecular flexibility index (Phi) is 7.75. The summed E-state index contributed by atoms with van der Waals surface area (Å²) in [6, 6.07) is 16.9. The van der Waals surface area contributed by atoms with Gasteiger partial charge in [-0.15, -0.1) is 0 Å². The quantitative estimate of drug-likeness (QED) is 0.494. The summed E-state index contributed by atoms with van der Waals surface area (Å²) in [6.07, 6.45) is 0. The molecule has 0 aliphatic heterocycles. The normalized spacial score (nSPS) is 10.2. The van der Waals surface area contributed by atoms with Crippen molar-refractivity contribution in [3.05, 3.63) is 71.8 Å². The van der Waals surface area contributed by atoms with Gasteiger partial charge in [0.1, 0.15) is 5.75 Å². The summed E-state index contributed by atoms with van der Waals surface area (Å²) in [6.45, 7) is 2.46. The van der Waals surface area contributed by atoms with Crippen molar-refractivity contribution in [1.29, 1.82) is 0 Å². The molecule has 8 heteroatoms. The number of nitrogens with one attached hydrogen (secondary N) is 2. The van der Waals surface area contributed by atoms with E-state index in [1.807, 2.05) is 6.92 Å². The number of para-hydroxylation sites is 1. The Morgan fingerprint density at radius 2 is 1.42 bits per heavy atom. The summed E-state index contributed by atoms with van der Waals surface area (Å²) < 4.78 is 21.3. The predicted molar refractivity (Wildman–Crippen MR) is 126 cm³/mol. The van der Waals surface area contributed by atoms with E-state index in [1.54, 1.807) is 60.7 Å². The molecule has 0 heterocycles. The van der Waals surface area contributed by atoms with Gasteiger partial charge in [0.2, 0.25) is 5.75 Å². The van der Waals surface area contributed by atoms with Gasteiger partial charge in [-0.1, -0.05) is 12.1 Å². The second kappa shape index (κ2) is 10.9. The average Bonchev–Trinajstić information content (AvgIpc) is 2.84. The largest absolute Gasteiger partial charge is 0.494 e. The molecule has 172 valence electrons. The van der Waals surface area contributed by atoms with Gasteiger partial charge in [-0.3, -0.25) is 9.59 Å². The predicted octanol–water partition coefficient (Wildman–Crippen LogP) is 4.62. The Morgan fingerprint density at radius 3 is 2.00 bits per heavy atom. The summed E-state index contributed by atoms with van der Waals surface area (Å²) in [4.78, 5) is 25.9. The summed E-state index contributed by atoms with van der Waals surface area (Å²) in [5.41, 5.74) is 1.56. The SMILES string of the molecule is CCOc1ccc(NC(=O)c2ccccc2NC(=O)c2cc(OC)c(OC)c(OC)c2)cc1. The monoisotopic (exact) mass is 450 g/mol. The molecule has 0 fully saturated rings. The maximum atomic E-state index is 13.0. The van der Waals surface area contributed by atoms with Crippen LogP contribution in [0.1, 0.15) is 27.6 Å². The van der Waals surface area contributed by atoms with Crippen LogP contribution in [-0.2, 0) is 0 Å². The van der Waals surface area contributed by atoms with E-state index in [9.17, 15) is 9.59 Å². The van der Waals surface area contributed by atoms with Crippen LogP contribution >= 0.6 is 0 Å². The molecule has 0 saturated carbocycles. The van der Waals surface area contributed by atoms with Gasteiger partial charge in [-0.2, -0.15) is 0 Å². The number of anilines is 2. The fourth-order valence-electron chi connectivity index (χ4n) is 3.20. The number of benzene rings is 3. The Labute approximate surface area is 192 Å². The first-order chi connectivity index (χ1) is 16.0. The first kappa shape index (κ1) is 23.5. The third-order valence-corrected chi connectivity index (χ3v) is 4.77. The molecule has 0 aromatic heterocycles. The Morgan fingerprint density at radius 1 is 0.788 bits per heavy atom. The van der Waals surface area contributed by atoms with E-state index in [2.05, 4.69) is 10.6 Å². The van der Waals surface area contributed by atoms with Gasteiger partial charge in [0.25, 0.3) is 11.8 Å². The molecule has 2 N–H and O–H groups in total. The van der Waals surface area contributed by atoms with E-state index in [-0.39, 0.29) is 11.5 Å². The van der Waals surface area contributed by atoms with Crippen LogP contribution in [0, 0.1) is 0 Å². The minimum absolute atomic E-state index is 0.284. The second-order valence-electron chi connectivity index (χ2n) is 6.83. The lowest BCUT2D eigenvalue weighted by molar-refractivity contribution is 0.102. The zero-order chi connectivity index (χ0) is 23.8. The van der Waals surface area contributed by atoms with E-state index in [1.165, 1.54) is 21.3 Å². The zero-order valence-electron chi connectivity index (χ0n) is 18.9. The molecule has 0 spiro atoms. The van der Waals surface area contributed by atoms with Gasteiger partial charge in [0, 0.05) is 11.3 Å². The molecule has 33 heavy (non-hydrogen) atoms. The molecule has 0 bridgehead atoms. The molecule has 8 nitrogen and oxygen atoms in total. The molecule has 3 aromatic carbocycles. The molecular formula is C25H26N2O6. The van der Waals surface area contributed by atoms with Crippen LogP contribution in [0.25, 0.3) is 0 Å². The highest BCUT2D eigenvalue weighted by atomic mass is 16.5. The fraction of sp³-hybridized carbons (Fsp3) is 0.200. The minimum Gasteiger partial charge on any atom is -0.494 e. The summed E-state index contributed by atoms with van der Waals surface area (Å²) in [7, 11) is 4.43. The standard InChI is InChI=1S/C25H26N2O6/c1-5-33-18-12-10-17(11-13-18)26-25(29)19-8-6-7-9-20(19)27-24(28)16-14-21(30-2)23(32-4)22(15-16)31-3/h6-15H,5H2,1-4H3,(H,26,29)(H,27,28). The third-order valence-electron chi connectivity index (χ3n) is 4.77. The smallest absolute Gasteiger partial charge is 0.257 e. The first-order valence-corrected chi connectivity index (χ1v) is 10.2. The van der Waals surface area contributed by atoms with Gasteiger partial charge in [-0.05, 0) is 55.5 Å². The van der Waals surface area contributed by atoms with Crippen molar-refractivity contribution in [2.24, 2.45) is 0 Å². The molecule has 3 rings (SSSR count). The molecule has 2 amide bonds. The highest BCUT2D eigenvalue weighted by Crippen LogP contribution is 2.38. The number of amides is 2. The summed E-state index contributed by atoms with van der Waals surface area (Å²) in [5, 5.41) is 5.62. The molecule has 0 unspecified atom stereocenters. The van der Waals surface area contributed by atoms with Crippen LogP contribution in [0.3, 0.4) is 0 Å². The van der Waals surface area contributed by atoms with Crippen LogP contribution in [0.15, 0.2) is 60.7 Å². The van der Waals surface area contributed by atoms with Crippen molar-refractivity contribution in [2.45, 2.75) is 6.92 Å². The van der Waals surface area contributed by atoms with Crippen molar-refractivity contribution in [3.8, 4) is 23.0 Å². The summed E-state index contributed by atoms with van der Waals surface area (Å²) in [5.74, 6) is 1.00. The van der Waals surface area contributed by atoms with Crippen LogP contribution in [0.5, 0.6) is 23.0 Å². The van der Waals surface area contributed by atoms with Gasteiger partial charge in [0.05, 0.1) is 39.2 Å². The minimum atomic E-state index is -0.435. The van der Waals surface area contributed by atoms with Gasteiger partial charge in [-0.25, -0.2) is 0 Å². The lowest BCUT2D eigenvalue weighted by Crippen LogP contribution is -2.18. The Hall–Kier alpha value is -4.20. The first-order valence-electron chi connectivity index (χ1n) is 10.2. The number of methoxy groups -OCH3 is 3. The van der Waals surface area contributed by atoms with Crippen LogP contribution < -0.4 is 29.6 Å². The van der Waals surface area contributed by atoms with E-state index in [0.29, 0.717) is 46.5 Å². The zero-order valence-corrected chi connectivity index (χ0v) is 18.9. The van der Waals surface area contributed by atoms with Crippen molar-refractivity contribution >= 4 is 23.2 Å². The van der Waals surface area contributed by atoms with Crippen molar-refractivity contribution in [1.82, 2.24) is 0 Å². The van der Waals surface area contributed by atoms with E-state index >= 15 is 0 Å². The highest BCUT2D eigenvalue weighted by molar-refractivity contribution is 6.12. The lowest BCUT2D eigenvalue weighted by atomic mass is 10.1. The van der Waals surface area contributed by atoms with E-state index < -0.39 is 5.91 Å². The number of carbonyl (C=O) groups excluding carboxylic acids is 2. The number of hydrogen-bond acceptors (Lipinski definition) is 6. The van der Waals surface area contributed by atoms with Crippen LogP contribution in [0.2, 0.25) is 0 Å². The third kappa shape index (κ3) is 5.54. The average molecular weight is 450 g/mol. The number of rotatable bonds is 9. The maximum Gasteiger partial charge on any atom is 0.257 e. The van der Waals surface area contributed by atoms with Gasteiger partial charge < -0.3 is 29.6 Å². The van der Waals surface area contributed by atoms with Crippen LogP contribution in [-0.4, -0.2) is 39.8 Å². The van der Waals surface area contributed by atoms with Crippen LogP contribution in [0.4, 0.5) is 11.4 Å². The van der Waals surface area contributed by atoms with Crippen molar-refractivity contribution < 1.29 is 28.5 Å². The molecule has 3 aromatic rings. The highest BCUT2D eigenvalue weighted by Gasteiger charge is 2.19. The molecule has 0 aliphatic carbocycles. The molecule has 0 saturated heterocycles. The molecule has 0 aliphatic rings. The lowest BCUT2D eigenvalue weighted by Gasteiger charge is -2.15.